The van der Waals surface area contributed by atoms with Crippen LogP contribution in [0.1, 0.15) is 5.56 Å². The molecule has 0 bridgehead atoms. The Morgan fingerprint density at radius 1 is 1.42 bits per heavy atom. The van der Waals surface area contributed by atoms with Gasteiger partial charge in [0.25, 0.3) is 0 Å². The molecule has 0 atom stereocenters. The van der Waals surface area contributed by atoms with Crippen LogP contribution in [0.4, 0.5) is 0 Å². The van der Waals surface area contributed by atoms with Crippen molar-refractivity contribution in [2.24, 2.45) is 0 Å². The minimum absolute atomic E-state index is 0.366. The highest BCUT2D eigenvalue weighted by atomic mass is 32.1. The van der Waals surface area contributed by atoms with Gasteiger partial charge in [-0.15, -0.1) is 11.3 Å². The van der Waals surface area contributed by atoms with E-state index in [9.17, 15) is 5.11 Å². The first-order chi connectivity index (χ1) is 5.83. The normalized spacial score (nSPS) is 10.8. The van der Waals surface area contributed by atoms with Crippen molar-refractivity contribution in [1.29, 1.82) is 0 Å². The third kappa shape index (κ3) is 1.09. The quantitative estimate of drug-likeness (QED) is 0.672. The number of rotatable bonds is 1. The monoisotopic (exact) mass is 196 g/mol. The summed E-state index contributed by atoms with van der Waals surface area (Å²) in [6.07, 6.45) is 0. The highest BCUT2D eigenvalue weighted by molar-refractivity contribution is 7.79. The Labute approximate surface area is 80.1 Å². The molecular weight excluding hydrogens is 188 g/mol. The standard InChI is InChI=1S/C9H8OS2/c10-8-3-1-2-7-6(4-11)5-12-9(7)8/h1-3,5,10-11H,4H2. The minimum Gasteiger partial charge on any atom is -0.506 e. The summed E-state index contributed by atoms with van der Waals surface area (Å²) in [5.74, 6) is 1.09. The molecule has 2 rings (SSSR count). The number of thiophene rings is 1. The lowest BCUT2D eigenvalue weighted by atomic mass is 10.2. The Kier molecular flexibility index (Phi) is 1.98. The average Bonchev–Trinajstić information content (AvgIpc) is 2.49. The van der Waals surface area contributed by atoms with Gasteiger partial charge in [0, 0.05) is 11.1 Å². The van der Waals surface area contributed by atoms with Crippen LogP contribution >= 0.6 is 24.0 Å². The van der Waals surface area contributed by atoms with Crippen LogP contribution in [0.3, 0.4) is 0 Å². The molecular formula is C9H8OS2. The molecule has 0 saturated heterocycles. The van der Waals surface area contributed by atoms with Crippen molar-refractivity contribution >= 4 is 34.1 Å². The van der Waals surface area contributed by atoms with E-state index < -0.39 is 0 Å². The Balaban J connectivity index is 2.80. The molecule has 3 heteroatoms. The molecule has 0 amide bonds. The van der Waals surface area contributed by atoms with Gasteiger partial charge in [0.2, 0.25) is 0 Å². The fraction of sp³-hybridized carbons (Fsp3) is 0.111. The largest absolute Gasteiger partial charge is 0.506 e. The van der Waals surface area contributed by atoms with Crippen LogP contribution in [-0.4, -0.2) is 5.11 Å². The van der Waals surface area contributed by atoms with Crippen LogP contribution in [-0.2, 0) is 5.75 Å². The molecule has 0 aliphatic carbocycles. The average molecular weight is 196 g/mol. The maximum Gasteiger partial charge on any atom is 0.133 e. The molecule has 2 aromatic rings. The van der Waals surface area contributed by atoms with Gasteiger partial charge in [-0.05, 0) is 17.0 Å². The molecule has 62 valence electrons. The van der Waals surface area contributed by atoms with Gasteiger partial charge in [-0.1, -0.05) is 12.1 Å². The Bertz CT molecular complexity index is 406. The van der Waals surface area contributed by atoms with Crippen molar-refractivity contribution in [1.82, 2.24) is 0 Å². The second kappa shape index (κ2) is 2.99. The first-order valence-corrected chi connectivity index (χ1v) is 5.13. The smallest absolute Gasteiger partial charge is 0.133 e. The summed E-state index contributed by atoms with van der Waals surface area (Å²) in [5.41, 5.74) is 1.19. The summed E-state index contributed by atoms with van der Waals surface area (Å²) in [6.45, 7) is 0. The van der Waals surface area contributed by atoms with Crippen molar-refractivity contribution in [3.63, 3.8) is 0 Å². The molecule has 0 unspecified atom stereocenters. The summed E-state index contributed by atoms with van der Waals surface area (Å²) in [4.78, 5) is 0. The third-order valence-electron chi connectivity index (χ3n) is 1.83. The number of hydrogen-bond donors (Lipinski definition) is 2. The number of benzene rings is 1. The zero-order valence-electron chi connectivity index (χ0n) is 6.32. The number of fused-ring (bicyclic) bond motifs is 1. The Morgan fingerprint density at radius 2 is 2.25 bits per heavy atom. The van der Waals surface area contributed by atoms with E-state index in [4.69, 9.17) is 0 Å². The zero-order chi connectivity index (χ0) is 8.55. The summed E-state index contributed by atoms with van der Waals surface area (Å²) in [7, 11) is 0. The predicted octanol–water partition coefficient (Wildman–Crippen LogP) is 3.04. The molecule has 1 N–H and O–H groups in total. The van der Waals surface area contributed by atoms with Crippen LogP contribution in [0.15, 0.2) is 23.6 Å². The second-order valence-electron chi connectivity index (χ2n) is 2.57. The van der Waals surface area contributed by atoms with Gasteiger partial charge in [-0.25, -0.2) is 0 Å². The van der Waals surface area contributed by atoms with Gasteiger partial charge >= 0.3 is 0 Å². The number of phenols is 1. The van der Waals surface area contributed by atoms with Gasteiger partial charge in [0.1, 0.15) is 5.75 Å². The molecule has 0 fully saturated rings. The predicted molar refractivity (Wildman–Crippen MR) is 56.2 cm³/mol. The van der Waals surface area contributed by atoms with Gasteiger partial charge in [-0.3, -0.25) is 0 Å². The maximum atomic E-state index is 9.47. The van der Waals surface area contributed by atoms with E-state index in [0.29, 0.717) is 5.75 Å². The fourth-order valence-electron chi connectivity index (χ4n) is 1.22. The summed E-state index contributed by atoms with van der Waals surface area (Å²) >= 11 is 5.78. The zero-order valence-corrected chi connectivity index (χ0v) is 8.03. The molecule has 1 heterocycles. The van der Waals surface area contributed by atoms with Gasteiger partial charge < -0.3 is 5.11 Å². The van der Waals surface area contributed by atoms with Crippen LogP contribution < -0.4 is 0 Å². The lowest BCUT2D eigenvalue weighted by molar-refractivity contribution is 0.482. The van der Waals surface area contributed by atoms with E-state index in [2.05, 4.69) is 12.6 Å². The van der Waals surface area contributed by atoms with Gasteiger partial charge in [0.05, 0.1) is 4.70 Å². The lowest BCUT2D eigenvalue weighted by Gasteiger charge is -1.94. The highest BCUT2D eigenvalue weighted by Gasteiger charge is 2.04. The molecule has 1 nitrogen and oxygen atoms in total. The van der Waals surface area contributed by atoms with Crippen molar-refractivity contribution in [3.8, 4) is 5.75 Å². The highest BCUT2D eigenvalue weighted by Crippen LogP contribution is 2.33. The molecule has 0 aliphatic heterocycles. The van der Waals surface area contributed by atoms with E-state index in [0.717, 1.165) is 15.8 Å². The molecule has 0 spiro atoms. The molecule has 0 saturated carbocycles. The van der Waals surface area contributed by atoms with E-state index in [1.165, 1.54) is 5.56 Å². The van der Waals surface area contributed by atoms with E-state index in [1.807, 2.05) is 17.5 Å². The van der Waals surface area contributed by atoms with Crippen molar-refractivity contribution in [2.45, 2.75) is 5.75 Å². The number of hydrogen-bond acceptors (Lipinski definition) is 3. The summed E-state index contributed by atoms with van der Waals surface area (Å²) in [6, 6.07) is 5.58. The Hall–Kier alpha value is -0.670. The Morgan fingerprint density at radius 3 is 3.00 bits per heavy atom. The second-order valence-corrected chi connectivity index (χ2v) is 3.77. The third-order valence-corrected chi connectivity index (χ3v) is 3.24. The lowest BCUT2D eigenvalue weighted by Crippen LogP contribution is -1.72. The fourth-order valence-corrected chi connectivity index (χ4v) is 2.59. The number of phenolic OH excluding ortho intramolecular Hbond substituents is 1. The van der Waals surface area contributed by atoms with Crippen molar-refractivity contribution in [2.75, 3.05) is 0 Å². The molecule has 0 radical (unpaired) electrons. The SMILES string of the molecule is Oc1cccc2c(CS)csc12. The molecule has 0 aliphatic rings. The van der Waals surface area contributed by atoms with Crippen LogP contribution in [0, 0.1) is 0 Å². The van der Waals surface area contributed by atoms with Crippen LogP contribution in [0.5, 0.6) is 5.75 Å². The minimum atomic E-state index is 0.366. The summed E-state index contributed by atoms with van der Waals surface area (Å²) < 4.78 is 0.960. The molecule has 12 heavy (non-hydrogen) atoms. The molecule has 1 aromatic heterocycles. The van der Waals surface area contributed by atoms with Crippen LogP contribution in [0.2, 0.25) is 0 Å². The number of aromatic hydroxyl groups is 1. The summed E-state index contributed by atoms with van der Waals surface area (Å²) in [5, 5.41) is 12.6. The first-order valence-electron chi connectivity index (χ1n) is 3.62. The van der Waals surface area contributed by atoms with E-state index in [-0.39, 0.29) is 0 Å². The van der Waals surface area contributed by atoms with Crippen LogP contribution in [0.25, 0.3) is 10.1 Å². The maximum absolute atomic E-state index is 9.47. The van der Waals surface area contributed by atoms with Crippen molar-refractivity contribution in [3.05, 3.63) is 29.1 Å². The molecule has 1 aromatic carbocycles. The van der Waals surface area contributed by atoms with Crippen molar-refractivity contribution < 1.29 is 5.11 Å². The van der Waals surface area contributed by atoms with Gasteiger partial charge in [-0.2, -0.15) is 12.6 Å². The first kappa shape index (κ1) is 7.95. The van der Waals surface area contributed by atoms with Gasteiger partial charge in [0.15, 0.2) is 0 Å². The van der Waals surface area contributed by atoms with E-state index in [1.54, 1.807) is 17.4 Å². The van der Waals surface area contributed by atoms with E-state index >= 15 is 0 Å². The topological polar surface area (TPSA) is 20.2 Å². The number of thiol groups is 1.